The van der Waals surface area contributed by atoms with Crippen LogP contribution in [0.5, 0.6) is 5.75 Å². The summed E-state index contributed by atoms with van der Waals surface area (Å²) in [7, 11) is -2.33. The maximum Gasteiger partial charge on any atom is 0.255 e. The van der Waals surface area contributed by atoms with Crippen LogP contribution in [0.2, 0.25) is 0 Å². The highest BCUT2D eigenvalue weighted by Gasteiger charge is 2.30. The molecule has 25 heavy (non-hydrogen) atoms. The summed E-state index contributed by atoms with van der Waals surface area (Å²) in [6.07, 6.45) is 1.66. The van der Waals surface area contributed by atoms with Crippen molar-refractivity contribution in [3.63, 3.8) is 0 Å². The van der Waals surface area contributed by atoms with Gasteiger partial charge in [0.05, 0.1) is 7.11 Å². The number of ether oxygens (including phenoxy) is 1. The van der Waals surface area contributed by atoms with Crippen LogP contribution in [0.4, 0.5) is 5.69 Å². The number of nitrogens with one attached hydrogen (secondary N) is 2. The van der Waals surface area contributed by atoms with Crippen LogP contribution in [0, 0.1) is 6.92 Å². The van der Waals surface area contributed by atoms with E-state index in [-0.39, 0.29) is 28.2 Å². The maximum atomic E-state index is 12.5. The van der Waals surface area contributed by atoms with Gasteiger partial charge in [0, 0.05) is 17.3 Å². The lowest BCUT2D eigenvalue weighted by molar-refractivity contribution is 0.102. The standard InChI is InChI=1S/C18H20N2O4S/c1-12-3-6-14(7-4-12)19-18(21)13-5-10-16(24-2)17(11-13)25(22,23)20-15-8-9-15/h3-7,10-11,15,20H,8-9H2,1-2H3,(H,19,21). The number of hydrogen-bond acceptors (Lipinski definition) is 4. The number of sulfonamides is 1. The molecule has 0 radical (unpaired) electrons. The van der Waals surface area contributed by atoms with Gasteiger partial charge in [0.25, 0.3) is 5.91 Å². The Balaban J connectivity index is 1.87. The zero-order valence-corrected chi connectivity index (χ0v) is 14.9. The average molecular weight is 360 g/mol. The summed E-state index contributed by atoms with van der Waals surface area (Å²) in [6.45, 7) is 1.96. The molecule has 0 atom stereocenters. The molecule has 0 aliphatic heterocycles. The molecule has 2 aromatic carbocycles. The third-order valence-electron chi connectivity index (χ3n) is 3.92. The first kappa shape index (κ1) is 17.4. The van der Waals surface area contributed by atoms with E-state index in [0.29, 0.717) is 5.69 Å². The summed E-state index contributed by atoms with van der Waals surface area (Å²) in [5.74, 6) is -0.172. The smallest absolute Gasteiger partial charge is 0.255 e. The van der Waals surface area contributed by atoms with E-state index in [1.807, 2.05) is 19.1 Å². The van der Waals surface area contributed by atoms with E-state index in [0.717, 1.165) is 18.4 Å². The Morgan fingerprint density at radius 1 is 1.12 bits per heavy atom. The zero-order chi connectivity index (χ0) is 18.0. The second kappa shape index (κ2) is 6.85. The summed E-state index contributed by atoms with van der Waals surface area (Å²) < 4.78 is 32.8. The Labute approximate surface area is 147 Å². The quantitative estimate of drug-likeness (QED) is 0.829. The fourth-order valence-electron chi connectivity index (χ4n) is 2.35. The number of carbonyl (C=O) groups excluding carboxylic acids is 1. The molecular weight excluding hydrogens is 340 g/mol. The van der Waals surface area contributed by atoms with Gasteiger partial charge >= 0.3 is 0 Å². The predicted octanol–water partition coefficient (Wildman–Crippen LogP) is 2.70. The molecule has 2 aromatic rings. The number of amides is 1. The number of hydrogen-bond donors (Lipinski definition) is 2. The van der Waals surface area contributed by atoms with Gasteiger partial charge in [-0.3, -0.25) is 4.79 Å². The Bertz CT molecular complexity index is 888. The third-order valence-corrected chi connectivity index (χ3v) is 5.47. The summed E-state index contributed by atoms with van der Waals surface area (Å²) in [5.41, 5.74) is 1.98. The highest BCUT2D eigenvalue weighted by molar-refractivity contribution is 7.89. The van der Waals surface area contributed by atoms with Gasteiger partial charge in [-0.15, -0.1) is 0 Å². The molecular formula is C18H20N2O4S. The first-order valence-corrected chi connectivity index (χ1v) is 9.46. The van der Waals surface area contributed by atoms with Crippen molar-refractivity contribution in [2.45, 2.75) is 30.7 Å². The van der Waals surface area contributed by atoms with Crippen molar-refractivity contribution < 1.29 is 17.9 Å². The van der Waals surface area contributed by atoms with Gasteiger partial charge < -0.3 is 10.1 Å². The fourth-order valence-corrected chi connectivity index (χ4v) is 3.85. The zero-order valence-electron chi connectivity index (χ0n) is 14.1. The Hall–Kier alpha value is -2.38. The third kappa shape index (κ3) is 4.18. The van der Waals surface area contributed by atoms with Crippen LogP contribution < -0.4 is 14.8 Å². The predicted molar refractivity (Wildman–Crippen MR) is 95.5 cm³/mol. The molecule has 1 saturated carbocycles. The molecule has 1 fully saturated rings. The topological polar surface area (TPSA) is 84.5 Å². The van der Waals surface area contributed by atoms with Crippen molar-refractivity contribution in [1.29, 1.82) is 0 Å². The lowest BCUT2D eigenvalue weighted by atomic mass is 10.2. The minimum absolute atomic E-state index is 0.0280. The second-order valence-electron chi connectivity index (χ2n) is 6.08. The Morgan fingerprint density at radius 2 is 1.80 bits per heavy atom. The van der Waals surface area contributed by atoms with Crippen LogP contribution in [0.1, 0.15) is 28.8 Å². The fraction of sp³-hybridized carbons (Fsp3) is 0.278. The van der Waals surface area contributed by atoms with Gasteiger partial charge in [-0.2, -0.15) is 0 Å². The summed E-state index contributed by atoms with van der Waals surface area (Å²) in [6, 6.07) is 11.7. The summed E-state index contributed by atoms with van der Waals surface area (Å²) in [5, 5.41) is 2.76. The van der Waals surface area contributed by atoms with Crippen molar-refractivity contribution >= 4 is 21.6 Å². The highest BCUT2D eigenvalue weighted by atomic mass is 32.2. The van der Waals surface area contributed by atoms with E-state index < -0.39 is 10.0 Å². The Morgan fingerprint density at radius 3 is 2.40 bits per heavy atom. The molecule has 2 N–H and O–H groups in total. The molecule has 1 aliphatic carbocycles. The second-order valence-corrected chi connectivity index (χ2v) is 7.76. The van der Waals surface area contributed by atoms with Crippen LogP contribution in [0.15, 0.2) is 47.4 Å². The summed E-state index contributed by atoms with van der Waals surface area (Å²) in [4.78, 5) is 12.4. The van der Waals surface area contributed by atoms with E-state index in [9.17, 15) is 13.2 Å². The van der Waals surface area contributed by atoms with Crippen LogP contribution in [-0.4, -0.2) is 27.5 Å². The molecule has 0 bridgehead atoms. The maximum absolute atomic E-state index is 12.5. The minimum Gasteiger partial charge on any atom is -0.495 e. The largest absolute Gasteiger partial charge is 0.495 e. The van der Waals surface area contributed by atoms with Gasteiger partial charge in [-0.05, 0) is 50.1 Å². The number of benzene rings is 2. The monoisotopic (exact) mass is 360 g/mol. The molecule has 3 rings (SSSR count). The number of methoxy groups -OCH3 is 1. The Kier molecular flexibility index (Phi) is 4.78. The molecule has 0 spiro atoms. The number of anilines is 1. The number of carbonyl (C=O) groups is 1. The van der Waals surface area contributed by atoms with E-state index in [1.54, 1.807) is 18.2 Å². The minimum atomic E-state index is -3.73. The van der Waals surface area contributed by atoms with Crippen LogP contribution in [0.3, 0.4) is 0 Å². The van der Waals surface area contributed by atoms with Crippen LogP contribution >= 0.6 is 0 Å². The lowest BCUT2D eigenvalue weighted by Gasteiger charge is -2.12. The molecule has 0 aromatic heterocycles. The summed E-state index contributed by atoms with van der Waals surface area (Å²) >= 11 is 0. The first-order valence-electron chi connectivity index (χ1n) is 7.97. The molecule has 132 valence electrons. The van der Waals surface area contributed by atoms with Gasteiger partial charge in [0.1, 0.15) is 10.6 Å². The van der Waals surface area contributed by atoms with Crippen molar-refractivity contribution in [3.05, 3.63) is 53.6 Å². The van der Waals surface area contributed by atoms with E-state index in [4.69, 9.17) is 4.74 Å². The van der Waals surface area contributed by atoms with Gasteiger partial charge in [-0.1, -0.05) is 17.7 Å². The normalized spacial score (nSPS) is 14.2. The van der Waals surface area contributed by atoms with Gasteiger partial charge in [0.15, 0.2) is 0 Å². The molecule has 1 aliphatic rings. The van der Waals surface area contributed by atoms with Crippen molar-refractivity contribution in [2.75, 3.05) is 12.4 Å². The van der Waals surface area contributed by atoms with E-state index >= 15 is 0 Å². The van der Waals surface area contributed by atoms with Crippen molar-refractivity contribution in [2.24, 2.45) is 0 Å². The van der Waals surface area contributed by atoms with Crippen molar-refractivity contribution in [3.8, 4) is 5.75 Å². The van der Waals surface area contributed by atoms with E-state index in [2.05, 4.69) is 10.0 Å². The molecule has 0 heterocycles. The van der Waals surface area contributed by atoms with Crippen LogP contribution in [-0.2, 0) is 10.0 Å². The van der Waals surface area contributed by atoms with Gasteiger partial charge in [0.2, 0.25) is 10.0 Å². The van der Waals surface area contributed by atoms with Crippen molar-refractivity contribution in [1.82, 2.24) is 4.72 Å². The number of rotatable bonds is 6. The highest BCUT2D eigenvalue weighted by Crippen LogP contribution is 2.28. The molecule has 0 saturated heterocycles. The molecule has 0 unspecified atom stereocenters. The molecule has 1 amide bonds. The average Bonchev–Trinajstić information content (AvgIpc) is 3.39. The molecule has 7 heteroatoms. The SMILES string of the molecule is COc1ccc(C(=O)Nc2ccc(C)cc2)cc1S(=O)(=O)NC1CC1. The van der Waals surface area contributed by atoms with Crippen LogP contribution in [0.25, 0.3) is 0 Å². The van der Waals surface area contributed by atoms with E-state index in [1.165, 1.54) is 19.2 Å². The first-order chi connectivity index (χ1) is 11.9. The molecule has 6 nitrogen and oxygen atoms in total. The van der Waals surface area contributed by atoms with Gasteiger partial charge in [-0.25, -0.2) is 13.1 Å². The number of aryl methyl sites for hydroxylation is 1. The lowest BCUT2D eigenvalue weighted by Crippen LogP contribution is -2.26.